The first-order chi connectivity index (χ1) is 18.3. The number of aryl methyl sites for hydroxylation is 2. The molecule has 2 saturated heterocycles. The van der Waals surface area contributed by atoms with Gasteiger partial charge in [-0.05, 0) is 67.1 Å². The zero-order valence-electron chi connectivity index (χ0n) is 21.8. The van der Waals surface area contributed by atoms with Crippen LogP contribution >= 0.6 is 11.6 Å². The molecule has 9 heteroatoms. The number of nitrogens with zero attached hydrogens (tertiary/aromatic N) is 4. The fourth-order valence-electron chi connectivity index (χ4n) is 5.74. The van der Waals surface area contributed by atoms with Crippen LogP contribution in [0.2, 0.25) is 5.02 Å². The number of carbonyl (C=O) groups excluding carboxylic acids is 1. The second kappa shape index (κ2) is 11.0. The van der Waals surface area contributed by atoms with Gasteiger partial charge in [0.2, 0.25) is 15.9 Å². The molecule has 0 radical (unpaired) electrons. The minimum Gasteiger partial charge on any atom is -0.368 e. The summed E-state index contributed by atoms with van der Waals surface area (Å²) in [5, 5.41) is 0.697. The molecule has 3 heterocycles. The molecule has 7 nitrogen and oxygen atoms in total. The maximum absolute atomic E-state index is 14.1. The van der Waals surface area contributed by atoms with Gasteiger partial charge in [0.05, 0.1) is 5.92 Å². The van der Waals surface area contributed by atoms with Crippen LogP contribution in [-0.2, 0) is 14.8 Å². The lowest BCUT2D eigenvalue weighted by molar-refractivity contribution is -0.137. The van der Waals surface area contributed by atoms with E-state index in [-0.39, 0.29) is 23.3 Å². The third kappa shape index (κ3) is 5.30. The summed E-state index contributed by atoms with van der Waals surface area (Å²) < 4.78 is 28.4. The average molecular weight is 553 g/mol. The molecule has 3 aromatic rings. The second-order valence-corrected chi connectivity index (χ2v) is 12.5. The van der Waals surface area contributed by atoms with E-state index >= 15 is 0 Å². The fourth-order valence-corrected chi connectivity index (χ4v) is 7.35. The Hall–Kier alpha value is -2.94. The molecular weight excluding hydrogens is 520 g/mol. The number of amides is 1. The number of piperidine rings is 1. The van der Waals surface area contributed by atoms with E-state index in [4.69, 9.17) is 11.6 Å². The highest BCUT2D eigenvalue weighted by Crippen LogP contribution is 2.38. The molecule has 0 bridgehead atoms. The Morgan fingerprint density at radius 1 is 0.947 bits per heavy atom. The summed E-state index contributed by atoms with van der Waals surface area (Å²) in [6, 6.07) is 17.2. The van der Waals surface area contributed by atoms with Crippen molar-refractivity contribution in [3.8, 4) is 0 Å². The minimum atomic E-state index is -3.75. The number of aromatic nitrogens is 1. The number of carbonyl (C=O) groups is 1. The first kappa shape index (κ1) is 26.7. The van der Waals surface area contributed by atoms with E-state index in [0.717, 1.165) is 22.4 Å². The highest BCUT2D eigenvalue weighted by Gasteiger charge is 2.42. The highest BCUT2D eigenvalue weighted by molar-refractivity contribution is 7.89. The van der Waals surface area contributed by atoms with Gasteiger partial charge in [0.1, 0.15) is 4.90 Å². The van der Waals surface area contributed by atoms with E-state index in [9.17, 15) is 13.2 Å². The summed E-state index contributed by atoms with van der Waals surface area (Å²) in [6.07, 6.45) is 3.51. The molecule has 2 aliphatic rings. The van der Waals surface area contributed by atoms with Gasteiger partial charge in [-0.2, -0.15) is 4.31 Å². The van der Waals surface area contributed by atoms with Crippen LogP contribution in [0.1, 0.15) is 29.0 Å². The smallest absolute Gasteiger partial charge is 0.244 e. The molecule has 2 atom stereocenters. The van der Waals surface area contributed by atoms with Gasteiger partial charge >= 0.3 is 0 Å². The monoisotopic (exact) mass is 552 g/mol. The Balaban J connectivity index is 1.38. The van der Waals surface area contributed by atoms with Gasteiger partial charge in [-0.25, -0.2) is 8.42 Å². The van der Waals surface area contributed by atoms with E-state index in [0.29, 0.717) is 44.2 Å². The van der Waals surface area contributed by atoms with Gasteiger partial charge in [-0.15, -0.1) is 0 Å². The average Bonchev–Trinajstić information content (AvgIpc) is 2.94. The summed E-state index contributed by atoms with van der Waals surface area (Å²) in [5.41, 5.74) is 4.49. The van der Waals surface area contributed by atoms with Gasteiger partial charge in [0.25, 0.3) is 0 Å². The van der Waals surface area contributed by atoms with E-state index in [2.05, 4.69) is 35.9 Å². The standard InChI is InChI=1S/C29H33ClN4O3S/c1-21-6-3-4-8-25(21)26-11-13-34(38(36,37)24-7-5-12-31-19-24)20-27(26)29(35)33-16-14-32(15-17-33)28-18-23(30)10-9-22(28)2/h3-10,12,18-19,26-27H,11,13-17,20H2,1-2H3. The van der Waals surface area contributed by atoms with Crippen LogP contribution in [0.15, 0.2) is 71.9 Å². The Labute approximate surface area is 230 Å². The number of hydrogen-bond donors (Lipinski definition) is 0. The lowest BCUT2D eigenvalue weighted by Gasteiger charge is -2.42. The van der Waals surface area contributed by atoms with E-state index in [1.165, 1.54) is 10.5 Å². The topological polar surface area (TPSA) is 73.8 Å². The van der Waals surface area contributed by atoms with Gasteiger partial charge in [-0.3, -0.25) is 9.78 Å². The Morgan fingerprint density at radius 3 is 2.42 bits per heavy atom. The number of piperazine rings is 1. The predicted molar refractivity (Wildman–Crippen MR) is 150 cm³/mol. The highest BCUT2D eigenvalue weighted by atomic mass is 35.5. The maximum Gasteiger partial charge on any atom is 0.244 e. The normalized spacial score (nSPS) is 20.9. The third-order valence-corrected chi connectivity index (χ3v) is 9.94. The number of anilines is 1. The molecule has 38 heavy (non-hydrogen) atoms. The van der Waals surface area contributed by atoms with Crippen molar-refractivity contribution in [2.75, 3.05) is 44.2 Å². The van der Waals surface area contributed by atoms with Gasteiger partial charge < -0.3 is 9.80 Å². The molecule has 0 spiro atoms. The Morgan fingerprint density at radius 2 is 1.71 bits per heavy atom. The van der Waals surface area contributed by atoms with Crippen molar-refractivity contribution in [3.63, 3.8) is 0 Å². The number of sulfonamides is 1. The fraction of sp³-hybridized carbons (Fsp3) is 0.379. The van der Waals surface area contributed by atoms with Crippen molar-refractivity contribution in [2.24, 2.45) is 5.92 Å². The van der Waals surface area contributed by atoms with Crippen LogP contribution in [-0.4, -0.2) is 67.8 Å². The molecule has 1 aromatic heterocycles. The van der Waals surface area contributed by atoms with Crippen LogP contribution in [0.3, 0.4) is 0 Å². The second-order valence-electron chi connectivity index (χ2n) is 10.2. The SMILES string of the molecule is Cc1ccccc1C1CCN(S(=O)(=O)c2cccnc2)CC1C(=O)N1CCN(c2cc(Cl)ccc2C)CC1. The quantitative estimate of drug-likeness (QED) is 0.466. The lowest BCUT2D eigenvalue weighted by atomic mass is 9.78. The molecule has 5 rings (SSSR count). The molecule has 2 unspecified atom stereocenters. The molecule has 1 amide bonds. The zero-order valence-corrected chi connectivity index (χ0v) is 23.3. The number of hydrogen-bond acceptors (Lipinski definition) is 5. The number of halogens is 1. The predicted octanol–water partition coefficient (Wildman–Crippen LogP) is 4.50. The van der Waals surface area contributed by atoms with Crippen molar-refractivity contribution in [1.29, 1.82) is 0 Å². The summed E-state index contributed by atoms with van der Waals surface area (Å²) in [6.45, 7) is 7.20. The molecular formula is C29H33ClN4O3S. The van der Waals surface area contributed by atoms with Crippen molar-refractivity contribution in [2.45, 2.75) is 31.1 Å². The zero-order chi connectivity index (χ0) is 26.9. The number of rotatable bonds is 5. The van der Waals surface area contributed by atoms with Crippen LogP contribution in [0.4, 0.5) is 5.69 Å². The van der Waals surface area contributed by atoms with Crippen LogP contribution in [0.25, 0.3) is 0 Å². The van der Waals surface area contributed by atoms with Crippen LogP contribution in [0.5, 0.6) is 0 Å². The van der Waals surface area contributed by atoms with Gasteiger partial charge in [0, 0.05) is 62.4 Å². The summed E-state index contributed by atoms with van der Waals surface area (Å²) in [4.78, 5) is 22.4. The lowest BCUT2D eigenvalue weighted by Crippen LogP contribution is -2.54. The van der Waals surface area contributed by atoms with Crippen molar-refractivity contribution >= 4 is 33.2 Å². The van der Waals surface area contributed by atoms with E-state index in [1.54, 1.807) is 18.3 Å². The van der Waals surface area contributed by atoms with Crippen molar-refractivity contribution < 1.29 is 13.2 Å². The van der Waals surface area contributed by atoms with E-state index in [1.807, 2.05) is 35.2 Å². The van der Waals surface area contributed by atoms with E-state index < -0.39 is 15.9 Å². The van der Waals surface area contributed by atoms with Gasteiger partial charge in [-0.1, -0.05) is 41.9 Å². The molecule has 0 N–H and O–H groups in total. The number of pyridine rings is 1. The van der Waals surface area contributed by atoms with Crippen LogP contribution < -0.4 is 4.90 Å². The Bertz CT molecular complexity index is 1410. The minimum absolute atomic E-state index is 0.0202. The molecule has 2 aromatic carbocycles. The first-order valence-electron chi connectivity index (χ1n) is 13.0. The molecule has 0 aliphatic carbocycles. The van der Waals surface area contributed by atoms with Crippen LogP contribution in [0, 0.1) is 19.8 Å². The molecule has 200 valence electrons. The number of benzene rings is 2. The van der Waals surface area contributed by atoms with Crippen molar-refractivity contribution in [3.05, 3.63) is 88.7 Å². The summed E-state index contributed by atoms with van der Waals surface area (Å²) in [5.74, 6) is -0.486. The summed E-state index contributed by atoms with van der Waals surface area (Å²) in [7, 11) is -3.75. The Kier molecular flexibility index (Phi) is 7.75. The summed E-state index contributed by atoms with van der Waals surface area (Å²) >= 11 is 6.25. The maximum atomic E-state index is 14.1. The van der Waals surface area contributed by atoms with Crippen molar-refractivity contribution in [1.82, 2.24) is 14.2 Å². The largest absolute Gasteiger partial charge is 0.368 e. The first-order valence-corrected chi connectivity index (χ1v) is 14.8. The molecule has 2 aliphatic heterocycles. The third-order valence-electron chi connectivity index (χ3n) is 7.86. The molecule has 2 fully saturated rings. The van der Waals surface area contributed by atoms with Gasteiger partial charge in [0.15, 0.2) is 0 Å². The molecule has 0 saturated carbocycles.